The fraction of sp³-hybridized carbons (Fsp3) is 0.421. The van der Waals surface area contributed by atoms with Crippen LogP contribution in [0.2, 0.25) is 0 Å². The van der Waals surface area contributed by atoms with Crippen LogP contribution in [0.15, 0.2) is 33.9 Å². The van der Waals surface area contributed by atoms with E-state index in [0.29, 0.717) is 29.5 Å². The summed E-state index contributed by atoms with van der Waals surface area (Å²) in [5.74, 6) is -0.456. The molecule has 29 heavy (non-hydrogen) atoms. The van der Waals surface area contributed by atoms with Gasteiger partial charge in [-0.05, 0) is 38.3 Å². The summed E-state index contributed by atoms with van der Waals surface area (Å²) in [6.07, 6.45) is 3.72. The molecule has 1 aliphatic heterocycles. The van der Waals surface area contributed by atoms with Gasteiger partial charge in [0.25, 0.3) is 5.91 Å². The second kappa shape index (κ2) is 9.55. The summed E-state index contributed by atoms with van der Waals surface area (Å²) in [4.78, 5) is 42.1. The molecule has 2 aromatic heterocycles. The van der Waals surface area contributed by atoms with Crippen LogP contribution in [-0.2, 0) is 20.1 Å². The Morgan fingerprint density at radius 1 is 1.38 bits per heavy atom. The summed E-state index contributed by atoms with van der Waals surface area (Å²) in [7, 11) is 0. The van der Waals surface area contributed by atoms with E-state index in [4.69, 9.17) is 15.0 Å². The number of nitrogens with zero attached hydrogens (tertiary/aromatic N) is 3. The lowest BCUT2D eigenvalue weighted by Crippen LogP contribution is -2.51. The van der Waals surface area contributed by atoms with Crippen LogP contribution in [-0.4, -0.2) is 52.0 Å². The number of aromatic nitrogens is 2. The molecule has 2 amide bonds. The second-order valence-electron chi connectivity index (χ2n) is 6.65. The molecule has 1 fully saturated rings. The number of ether oxygens (including phenoxy) is 1. The van der Waals surface area contributed by atoms with E-state index in [0.717, 1.165) is 18.5 Å². The lowest BCUT2D eigenvalue weighted by Gasteiger charge is -2.33. The topological polar surface area (TPSA) is 129 Å². The Bertz CT molecular complexity index is 900. The van der Waals surface area contributed by atoms with E-state index in [1.807, 2.05) is 0 Å². The van der Waals surface area contributed by atoms with Gasteiger partial charge in [0, 0.05) is 24.6 Å². The number of carbonyl (C=O) groups excluding carboxylic acids is 3. The molecule has 0 aromatic carbocycles. The molecular weight excluding hydrogens is 396 g/mol. The van der Waals surface area contributed by atoms with Crippen molar-refractivity contribution in [2.75, 3.05) is 13.2 Å². The monoisotopic (exact) mass is 418 g/mol. The molecular formula is C19H22N4O5S. The summed E-state index contributed by atoms with van der Waals surface area (Å²) in [6, 6.07) is 4.37. The third-order valence-electron chi connectivity index (χ3n) is 4.50. The van der Waals surface area contributed by atoms with Crippen molar-refractivity contribution in [2.24, 2.45) is 5.73 Å². The molecule has 2 N–H and O–H groups in total. The highest BCUT2D eigenvalue weighted by molar-refractivity contribution is 7.98. The number of primary amides is 1. The Morgan fingerprint density at radius 3 is 2.93 bits per heavy atom. The lowest BCUT2D eigenvalue weighted by molar-refractivity contribution is -0.143. The number of aryl methyl sites for hydroxylation is 1. The highest BCUT2D eigenvalue weighted by Gasteiger charge is 2.31. The Hall–Kier alpha value is -2.88. The van der Waals surface area contributed by atoms with E-state index in [-0.39, 0.29) is 5.56 Å². The van der Waals surface area contributed by atoms with Crippen molar-refractivity contribution in [3.05, 3.63) is 41.4 Å². The molecule has 0 bridgehead atoms. The minimum atomic E-state index is -0.655. The maximum absolute atomic E-state index is 12.5. The number of hydrogen-bond donors (Lipinski definition) is 1. The average molecular weight is 418 g/mol. The van der Waals surface area contributed by atoms with Gasteiger partial charge in [0.1, 0.15) is 16.8 Å². The van der Waals surface area contributed by atoms with Gasteiger partial charge >= 0.3 is 5.97 Å². The van der Waals surface area contributed by atoms with Gasteiger partial charge in [-0.3, -0.25) is 9.59 Å². The van der Waals surface area contributed by atoms with Crippen LogP contribution in [0.4, 0.5) is 0 Å². The summed E-state index contributed by atoms with van der Waals surface area (Å²) in [6.45, 7) is 1.77. The number of nitrogens with two attached hydrogens (primary N) is 1. The molecule has 1 atom stereocenters. The minimum Gasteiger partial charge on any atom is -0.452 e. The first kappa shape index (κ1) is 20.8. The quantitative estimate of drug-likeness (QED) is 0.531. The smallest absolute Gasteiger partial charge is 0.341 e. The molecule has 0 spiro atoms. The molecule has 10 heteroatoms. The van der Waals surface area contributed by atoms with E-state index < -0.39 is 30.4 Å². The molecule has 9 nitrogen and oxygen atoms in total. The minimum absolute atomic E-state index is 0.260. The van der Waals surface area contributed by atoms with Crippen molar-refractivity contribution in [1.29, 1.82) is 0 Å². The Kier molecular flexibility index (Phi) is 6.86. The predicted molar refractivity (Wildman–Crippen MR) is 104 cm³/mol. The molecule has 1 aliphatic rings. The number of thioether (sulfide) groups is 1. The maximum atomic E-state index is 12.5. The first-order valence-electron chi connectivity index (χ1n) is 9.21. The third-order valence-corrected chi connectivity index (χ3v) is 5.54. The van der Waals surface area contributed by atoms with Gasteiger partial charge < -0.3 is 19.9 Å². The second-order valence-corrected chi connectivity index (χ2v) is 7.61. The molecule has 0 saturated carbocycles. The molecule has 1 saturated heterocycles. The van der Waals surface area contributed by atoms with E-state index in [2.05, 4.69) is 10.1 Å². The molecule has 2 aromatic rings. The molecule has 154 valence electrons. The van der Waals surface area contributed by atoms with Gasteiger partial charge in [0.15, 0.2) is 6.61 Å². The Labute approximate surface area is 172 Å². The van der Waals surface area contributed by atoms with Crippen molar-refractivity contribution in [3.63, 3.8) is 0 Å². The summed E-state index contributed by atoms with van der Waals surface area (Å²) < 4.78 is 10.2. The zero-order chi connectivity index (χ0) is 20.8. The van der Waals surface area contributed by atoms with E-state index >= 15 is 0 Å². The van der Waals surface area contributed by atoms with Gasteiger partial charge in [-0.25, -0.2) is 9.78 Å². The standard InChI is InChI=1S/C19H22N4O5S/c1-12-9-13(22-28-12)11-29-18-14(5-4-7-21-18)19(26)27-10-16(24)23-8-3-2-6-15(23)17(20)25/h4-5,7,9,15H,2-3,6,8,10-11H2,1H3,(H2,20,25)/t15-/m0/s1. The predicted octanol–water partition coefficient (Wildman–Crippen LogP) is 1.69. The first-order chi connectivity index (χ1) is 14.0. The van der Waals surface area contributed by atoms with Crippen LogP contribution < -0.4 is 5.73 Å². The Balaban J connectivity index is 1.60. The largest absolute Gasteiger partial charge is 0.452 e. The molecule has 3 rings (SSSR count). The highest BCUT2D eigenvalue weighted by atomic mass is 32.2. The first-order valence-corrected chi connectivity index (χ1v) is 10.2. The Morgan fingerprint density at radius 2 is 2.21 bits per heavy atom. The summed E-state index contributed by atoms with van der Waals surface area (Å²) in [5, 5.41) is 4.38. The number of pyridine rings is 1. The number of amides is 2. The number of carbonyl (C=O) groups is 3. The van der Waals surface area contributed by atoms with Gasteiger partial charge in [-0.2, -0.15) is 0 Å². The van der Waals surface area contributed by atoms with Crippen LogP contribution in [0.1, 0.15) is 41.1 Å². The van der Waals surface area contributed by atoms with Gasteiger partial charge in [-0.1, -0.05) is 16.9 Å². The number of hydrogen-bond acceptors (Lipinski definition) is 8. The van der Waals surface area contributed by atoms with Crippen LogP contribution in [0, 0.1) is 6.92 Å². The maximum Gasteiger partial charge on any atom is 0.341 e. The number of esters is 1. The fourth-order valence-electron chi connectivity index (χ4n) is 3.10. The van der Waals surface area contributed by atoms with Crippen LogP contribution in [0.25, 0.3) is 0 Å². The van der Waals surface area contributed by atoms with Crippen LogP contribution in [0.3, 0.4) is 0 Å². The number of piperidine rings is 1. The zero-order valence-electron chi connectivity index (χ0n) is 16.0. The SMILES string of the molecule is Cc1cc(CSc2ncccc2C(=O)OCC(=O)N2CCCC[C@H]2C(N)=O)no1. The lowest BCUT2D eigenvalue weighted by atomic mass is 10.0. The molecule has 0 aliphatic carbocycles. The summed E-state index contributed by atoms with van der Waals surface area (Å²) in [5.41, 5.74) is 6.37. The highest BCUT2D eigenvalue weighted by Crippen LogP contribution is 2.25. The van der Waals surface area contributed by atoms with Crippen molar-refractivity contribution in [1.82, 2.24) is 15.0 Å². The number of likely N-dealkylation sites (tertiary alicyclic amines) is 1. The molecule has 3 heterocycles. The van der Waals surface area contributed by atoms with Gasteiger partial charge in [0.2, 0.25) is 5.91 Å². The van der Waals surface area contributed by atoms with Gasteiger partial charge in [0.05, 0.1) is 11.3 Å². The third kappa shape index (κ3) is 5.35. The molecule has 0 unspecified atom stereocenters. The number of rotatable bonds is 7. The average Bonchev–Trinajstić information content (AvgIpc) is 3.15. The van der Waals surface area contributed by atoms with E-state index in [1.54, 1.807) is 31.3 Å². The van der Waals surface area contributed by atoms with E-state index in [1.165, 1.54) is 16.7 Å². The van der Waals surface area contributed by atoms with Crippen molar-refractivity contribution in [3.8, 4) is 0 Å². The fourth-order valence-corrected chi connectivity index (χ4v) is 3.97. The summed E-state index contributed by atoms with van der Waals surface area (Å²) >= 11 is 1.32. The van der Waals surface area contributed by atoms with Crippen molar-refractivity contribution >= 4 is 29.5 Å². The zero-order valence-corrected chi connectivity index (χ0v) is 16.8. The van der Waals surface area contributed by atoms with Crippen molar-refractivity contribution < 1.29 is 23.6 Å². The van der Waals surface area contributed by atoms with Crippen molar-refractivity contribution in [2.45, 2.75) is 43.0 Å². The van der Waals surface area contributed by atoms with E-state index in [9.17, 15) is 14.4 Å². The van der Waals surface area contributed by atoms with Crippen LogP contribution >= 0.6 is 11.8 Å². The van der Waals surface area contributed by atoms with Crippen LogP contribution in [0.5, 0.6) is 0 Å². The normalized spacial score (nSPS) is 16.4. The molecule has 0 radical (unpaired) electrons. The van der Waals surface area contributed by atoms with Gasteiger partial charge in [-0.15, -0.1) is 0 Å².